The highest BCUT2D eigenvalue weighted by Gasteiger charge is 2.23. The van der Waals surface area contributed by atoms with Crippen molar-refractivity contribution in [2.24, 2.45) is 0 Å². The lowest BCUT2D eigenvalue weighted by atomic mass is 9.82. The van der Waals surface area contributed by atoms with Gasteiger partial charge in [0.2, 0.25) is 0 Å². The number of hydrogen-bond donors (Lipinski definition) is 0. The van der Waals surface area contributed by atoms with Crippen LogP contribution < -0.4 is 0 Å². The van der Waals surface area contributed by atoms with E-state index in [1.54, 1.807) is 0 Å². The molecule has 1 aromatic heterocycles. The summed E-state index contributed by atoms with van der Waals surface area (Å²) in [6, 6.07) is 106. The van der Waals surface area contributed by atoms with Crippen molar-refractivity contribution in [1.82, 2.24) is 9.55 Å². The van der Waals surface area contributed by atoms with Crippen molar-refractivity contribution in [3.63, 3.8) is 0 Å². The quantitative estimate of drug-likeness (QED) is 0.139. The van der Waals surface area contributed by atoms with Crippen molar-refractivity contribution in [3.05, 3.63) is 303 Å². The van der Waals surface area contributed by atoms with Crippen LogP contribution in [-0.4, -0.2) is 9.55 Å². The summed E-state index contributed by atoms with van der Waals surface area (Å²) >= 11 is 0. The van der Waals surface area contributed by atoms with Crippen LogP contribution >= 0.6 is 0 Å². The minimum atomic E-state index is 0.979. The zero-order valence-electron chi connectivity index (χ0n) is 46.7. The first-order valence-electron chi connectivity index (χ1n) is 29.6. The molecule has 1 aliphatic carbocycles. The van der Waals surface area contributed by atoms with Crippen molar-refractivity contribution in [2.45, 2.75) is 12.8 Å². The molecule has 0 saturated carbocycles. The zero-order chi connectivity index (χ0) is 56.0. The van der Waals surface area contributed by atoms with Gasteiger partial charge in [0, 0.05) is 11.3 Å². The SMILES string of the molecule is C1=CCCC(n2c(-c3ccc4cc(-c5c6ccccc6c(-c6ccc7c(-c8ccc(-c9ccc%10ccccc%10c9)cc8)c8ccccc8c(-c8ccc(-c9ccc%10ccccc%10c9)cc8)c7c6)c6ccccc56)ccc4c3)nc3ccccc32)=C1. The Morgan fingerprint density at radius 2 is 0.635 bits per heavy atom. The summed E-state index contributed by atoms with van der Waals surface area (Å²) in [6.45, 7) is 0. The zero-order valence-corrected chi connectivity index (χ0v) is 46.7. The first kappa shape index (κ1) is 48.7. The van der Waals surface area contributed by atoms with Gasteiger partial charge in [0.05, 0.1) is 11.0 Å². The Bertz CT molecular complexity index is 5410. The molecule has 17 rings (SSSR count). The summed E-state index contributed by atoms with van der Waals surface area (Å²) in [6.07, 6.45) is 8.67. The van der Waals surface area contributed by atoms with E-state index in [1.807, 2.05) is 0 Å². The lowest BCUT2D eigenvalue weighted by molar-refractivity contribution is 0.960. The molecule has 0 radical (unpaired) electrons. The van der Waals surface area contributed by atoms with Crippen LogP contribution in [0.2, 0.25) is 0 Å². The summed E-state index contributed by atoms with van der Waals surface area (Å²) in [5.74, 6) is 0.980. The van der Waals surface area contributed by atoms with Crippen LogP contribution in [0.1, 0.15) is 12.8 Å². The van der Waals surface area contributed by atoms with E-state index in [1.165, 1.54) is 148 Å². The van der Waals surface area contributed by atoms with Crippen molar-refractivity contribution < 1.29 is 0 Å². The van der Waals surface area contributed by atoms with Gasteiger partial charge in [-0.25, -0.2) is 4.98 Å². The molecule has 0 fully saturated rings. The van der Waals surface area contributed by atoms with Crippen LogP contribution in [0.25, 0.3) is 170 Å². The fourth-order valence-electron chi connectivity index (χ4n) is 13.9. The van der Waals surface area contributed by atoms with Gasteiger partial charge < -0.3 is 0 Å². The normalized spacial score (nSPS) is 12.6. The molecule has 0 aliphatic heterocycles. The van der Waals surface area contributed by atoms with Gasteiger partial charge in [0.1, 0.15) is 5.82 Å². The van der Waals surface area contributed by atoms with Crippen molar-refractivity contribution in [3.8, 4) is 78.1 Å². The number of hydrogen-bond acceptors (Lipinski definition) is 1. The maximum Gasteiger partial charge on any atom is 0.145 e. The molecule has 0 unspecified atom stereocenters. The average Bonchev–Trinajstić information content (AvgIpc) is 3.62. The third-order valence-electron chi connectivity index (χ3n) is 18.0. The average molecular weight is 1080 g/mol. The summed E-state index contributed by atoms with van der Waals surface area (Å²) in [5, 5.41) is 17.2. The Morgan fingerprint density at radius 1 is 0.271 bits per heavy atom. The topological polar surface area (TPSA) is 17.8 Å². The molecule has 0 bridgehead atoms. The number of aromatic nitrogens is 2. The molecule has 16 aromatic rings. The minimum Gasteiger partial charge on any atom is -0.296 e. The van der Waals surface area contributed by atoms with Crippen LogP contribution in [-0.2, 0) is 0 Å². The van der Waals surface area contributed by atoms with Gasteiger partial charge in [-0.2, -0.15) is 0 Å². The van der Waals surface area contributed by atoms with Gasteiger partial charge in [-0.3, -0.25) is 4.57 Å². The summed E-state index contributed by atoms with van der Waals surface area (Å²) in [5.41, 5.74) is 19.1. The molecule has 85 heavy (non-hydrogen) atoms. The highest BCUT2D eigenvalue weighted by molar-refractivity contribution is 6.25. The van der Waals surface area contributed by atoms with E-state index in [4.69, 9.17) is 4.98 Å². The van der Waals surface area contributed by atoms with E-state index in [-0.39, 0.29) is 0 Å². The number of para-hydroxylation sites is 2. The van der Waals surface area contributed by atoms with Crippen molar-refractivity contribution >= 4 is 92.1 Å². The van der Waals surface area contributed by atoms with Gasteiger partial charge in [-0.05, 0) is 204 Å². The number of rotatable bonds is 8. The molecule has 0 spiro atoms. The number of benzene rings is 15. The predicted octanol–water partition coefficient (Wildman–Crippen LogP) is 23.0. The maximum absolute atomic E-state index is 5.24. The molecule has 396 valence electrons. The number of allylic oxidation sites excluding steroid dienone is 4. The van der Waals surface area contributed by atoms with E-state index in [9.17, 15) is 0 Å². The number of nitrogens with zero attached hydrogens (tertiary/aromatic N) is 2. The lowest BCUT2D eigenvalue weighted by Crippen LogP contribution is -2.01. The second-order valence-corrected chi connectivity index (χ2v) is 22.8. The van der Waals surface area contributed by atoms with Crippen molar-refractivity contribution in [2.75, 3.05) is 0 Å². The van der Waals surface area contributed by atoms with Crippen LogP contribution in [0.15, 0.2) is 303 Å². The Morgan fingerprint density at radius 3 is 1.18 bits per heavy atom. The van der Waals surface area contributed by atoms with E-state index in [2.05, 4.69) is 308 Å². The van der Waals surface area contributed by atoms with Gasteiger partial charge in [-0.15, -0.1) is 0 Å². The highest BCUT2D eigenvalue weighted by Crippen LogP contribution is 2.49. The number of fused-ring (bicyclic) bond motifs is 8. The van der Waals surface area contributed by atoms with Gasteiger partial charge in [0.15, 0.2) is 0 Å². The molecule has 2 heteroatoms. The van der Waals surface area contributed by atoms with Crippen LogP contribution in [0.4, 0.5) is 0 Å². The van der Waals surface area contributed by atoms with E-state index in [0.717, 1.165) is 35.3 Å². The van der Waals surface area contributed by atoms with Gasteiger partial charge >= 0.3 is 0 Å². The third-order valence-corrected chi connectivity index (χ3v) is 18.0. The fourth-order valence-corrected chi connectivity index (χ4v) is 13.9. The van der Waals surface area contributed by atoms with E-state index in [0.29, 0.717) is 0 Å². The van der Waals surface area contributed by atoms with Crippen molar-refractivity contribution in [1.29, 1.82) is 0 Å². The van der Waals surface area contributed by atoms with Crippen LogP contribution in [0.3, 0.4) is 0 Å². The van der Waals surface area contributed by atoms with E-state index < -0.39 is 0 Å². The molecular weight excluding hydrogens is 1020 g/mol. The van der Waals surface area contributed by atoms with Crippen LogP contribution in [0.5, 0.6) is 0 Å². The van der Waals surface area contributed by atoms with E-state index >= 15 is 0 Å². The van der Waals surface area contributed by atoms with Gasteiger partial charge in [-0.1, -0.05) is 255 Å². The molecule has 1 aliphatic rings. The second kappa shape index (κ2) is 19.9. The Hall–Kier alpha value is -10.9. The van der Waals surface area contributed by atoms with Crippen LogP contribution in [0, 0.1) is 0 Å². The summed E-state index contributed by atoms with van der Waals surface area (Å²) in [7, 11) is 0. The predicted molar refractivity (Wildman–Crippen MR) is 363 cm³/mol. The first-order chi connectivity index (χ1) is 42.1. The molecule has 2 nitrogen and oxygen atoms in total. The molecule has 0 N–H and O–H groups in total. The van der Waals surface area contributed by atoms with Gasteiger partial charge in [0.25, 0.3) is 0 Å². The highest BCUT2D eigenvalue weighted by atomic mass is 15.1. The number of imidazole rings is 1. The summed E-state index contributed by atoms with van der Waals surface area (Å²) < 4.78 is 2.36. The smallest absolute Gasteiger partial charge is 0.145 e. The minimum absolute atomic E-state index is 0.979. The Labute approximate surface area is 493 Å². The standard InChI is InChI=1S/C83H54N2/c1-2-20-68(21-3-1)85-78-29-15-14-28-77(78)84-83(85)67-45-43-63-50-65(44-42-64(63)51-67)81-71-24-10-12-26-73(71)82(74-27-13-11-25-72(74)81)66-46-47-75-76(52-66)80(58-38-32-56(33-39-58)62-41-35-54-17-5-7-19-60(54)49-62)70-23-9-8-22-69(70)79(75)57-36-30-55(31-37-57)61-40-34-53-16-4-6-18-59(53)48-61/h1-2,4-20,22-52H,3,21H2. The molecule has 0 amide bonds. The Kier molecular flexibility index (Phi) is 11.4. The molecule has 15 aromatic carbocycles. The fraction of sp³-hybridized carbons (Fsp3) is 0.0241. The molecule has 1 heterocycles. The monoisotopic (exact) mass is 1080 g/mol. The third kappa shape index (κ3) is 8.21. The lowest BCUT2D eigenvalue weighted by Gasteiger charge is -2.21. The second-order valence-electron chi connectivity index (χ2n) is 22.8. The maximum atomic E-state index is 5.24. The first-order valence-corrected chi connectivity index (χ1v) is 29.6. The largest absolute Gasteiger partial charge is 0.296 e. The summed E-state index contributed by atoms with van der Waals surface area (Å²) in [4.78, 5) is 5.24. The Balaban J connectivity index is 0.835. The molecule has 0 saturated heterocycles. The molecular formula is C83H54N2. The molecule has 0 atom stereocenters.